The maximum absolute atomic E-state index is 10.8. The summed E-state index contributed by atoms with van der Waals surface area (Å²) >= 11 is 0. The van der Waals surface area contributed by atoms with Gasteiger partial charge in [-0.3, -0.25) is 9.69 Å². The summed E-state index contributed by atoms with van der Waals surface area (Å²) in [5, 5.41) is 0. The molecule has 0 radical (unpaired) electrons. The molecule has 0 amide bonds. The molecule has 1 rings (SSSR count). The van der Waals surface area contributed by atoms with Crippen LogP contribution in [0.4, 0.5) is 0 Å². The lowest BCUT2D eigenvalue weighted by molar-refractivity contribution is -0.142. The lowest BCUT2D eigenvalue weighted by atomic mass is 10.1. The van der Waals surface area contributed by atoms with Crippen molar-refractivity contribution in [2.24, 2.45) is 0 Å². The molecule has 0 bridgehead atoms. The van der Waals surface area contributed by atoms with E-state index in [1.54, 1.807) is 0 Å². The van der Waals surface area contributed by atoms with Gasteiger partial charge in [-0.1, -0.05) is 6.42 Å². The third-order valence-electron chi connectivity index (χ3n) is 2.03. The van der Waals surface area contributed by atoms with E-state index in [0.717, 1.165) is 13.1 Å². The molecule has 0 N–H and O–H groups in total. The number of hydrogen-bond acceptors (Lipinski definition) is 3. The minimum Gasteiger partial charge on any atom is -0.468 e. The van der Waals surface area contributed by atoms with Crippen LogP contribution in [0, 0.1) is 0 Å². The number of esters is 1. The largest absolute Gasteiger partial charge is 0.468 e. The van der Waals surface area contributed by atoms with Crippen LogP contribution in [-0.4, -0.2) is 37.6 Å². The third-order valence-corrected chi connectivity index (χ3v) is 2.03. The van der Waals surface area contributed by atoms with Crippen LogP contribution >= 0.6 is 12.4 Å². The van der Waals surface area contributed by atoms with Crippen molar-refractivity contribution in [3.63, 3.8) is 0 Å². The fourth-order valence-corrected chi connectivity index (χ4v) is 1.36. The lowest BCUT2D eigenvalue weighted by Gasteiger charge is -2.24. The predicted molar refractivity (Wildman–Crippen MR) is 49.6 cm³/mol. The Morgan fingerprint density at radius 1 is 1.33 bits per heavy atom. The summed E-state index contributed by atoms with van der Waals surface area (Å²) in [4.78, 5) is 13.0. The van der Waals surface area contributed by atoms with Gasteiger partial charge in [0.2, 0.25) is 0 Å². The molecule has 1 aliphatic rings. The molecule has 1 heterocycles. The number of carbonyl (C=O) groups excluding carboxylic acids is 1. The zero-order chi connectivity index (χ0) is 8.10. The molecule has 0 aromatic carbocycles. The van der Waals surface area contributed by atoms with E-state index >= 15 is 0 Å². The molecule has 72 valence electrons. The third kappa shape index (κ3) is 3.93. The van der Waals surface area contributed by atoms with E-state index in [1.165, 1.54) is 26.4 Å². The first kappa shape index (κ1) is 11.7. The van der Waals surface area contributed by atoms with E-state index in [-0.39, 0.29) is 18.4 Å². The van der Waals surface area contributed by atoms with Gasteiger partial charge < -0.3 is 4.74 Å². The van der Waals surface area contributed by atoms with E-state index in [0.29, 0.717) is 6.54 Å². The van der Waals surface area contributed by atoms with E-state index in [1.807, 2.05) is 0 Å². The number of ether oxygens (including phenoxy) is 1. The molecule has 0 unspecified atom stereocenters. The Morgan fingerprint density at radius 3 is 2.42 bits per heavy atom. The second-order valence-electron chi connectivity index (χ2n) is 2.91. The summed E-state index contributed by atoms with van der Waals surface area (Å²) in [5.74, 6) is -0.119. The average molecular weight is 194 g/mol. The van der Waals surface area contributed by atoms with Crippen molar-refractivity contribution in [3.8, 4) is 0 Å². The molecule has 0 spiro atoms. The highest BCUT2D eigenvalue weighted by molar-refractivity contribution is 5.85. The summed E-state index contributed by atoms with van der Waals surface area (Å²) in [6.07, 6.45) is 3.74. The van der Waals surface area contributed by atoms with Gasteiger partial charge in [0, 0.05) is 0 Å². The first-order chi connectivity index (χ1) is 5.33. The summed E-state index contributed by atoms with van der Waals surface area (Å²) in [7, 11) is 1.44. The monoisotopic (exact) mass is 193 g/mol. The van der Waals surface area contributed by atoms with E-state index in [4.69, 9.17) is 0 Å². The first-order valence-corrected chi connectivity index (χ1v) is 4.12. The van der Waals surface area contributed by atoms with Crippen LogP contribution in [-0.2, 0) is 9.53 Å². The van der Waals surface area contributed by atoms with Gasteiger partial charge in [-0.25, -0.2) is 0 Å². The number of piperidine rings is 1. The number of methoxy groups -OCH3 is 1. The molecule has 1 aliphatic heterocycles. The molecule has 0 aromatic heterocycles. The lowest BCUT2D eigenvalue weighted by Crippen LogP contribution is -2.34. The van der Waals surface area contributed by atoms with Gasteiger partial charge in [-0.2, -0.15) is 0 Å². The zero-order valence-electron chi connectivity index (χ0n) is 7.41. The average Bonchev–Trinajstić information content (AvgIpc) is 2.06. The zero-order valence-corrected chi connectivity index (χ0v) is 8.23. The van der Waals surface area contributed by atoms with Crippen molar-refractivity contribution in [2.75, 3.05) is 26.7 Å². The molecule has 1 fully saturated rings. The fraction of sp³-hybridized carbons (Fsp3) is 0.875. The number of halogens is 1. The Kier molecular flexibility index (Phi) is 6.11. The number of nitrogens with zero attached hydrogens (tertiary/aromatic N) is 1. The van der Waals surface area contributed by atoms with Crippen LogP contribution < -0.4 is 0 Å². The van der Waals surface area contributed by atoms with E-state index in [2.05, 4.69) is 9.64 Å². The molecule has 3 nitrogen and oxygen atoms in total. The Balaban J connectivity index is 0.00000121. The molecule has 0 aliphatic carbocycles. The molecule has 12 heavy (non-hydrogen) atoms. The van der Waals surface area contributed by atoms with Gasteiger partial charge in [0.25, 0.3) is 0 Å². The van der Waals surface area contributed by atoms with Gasteiger partial charge >= 0.3 is 5.97 Å². The van der Waals surface area contributed by atoms with Crippen molar-refractivity contribution in [1.82, 2.24) is 4.90 Å². The normalized spacial score (nSPS) is 18.1. The van der Waals surface area contributed by atoms with Gasteiger partial charge in [-0.05, 0) is 25.9 Å². The molecular formula is C8H16ClNO2. The highest BCUT2D eigenvalue weighted by atomic mass is 35.5. The van der Waals surface area contributed by atoms with Crippen LogP contribution in [0.15, 0.2) is 0 Å². The minimum absolute atomic E-state index is 0. The van der Waals surface area contributed by atoms with Crippen molar-refractivity contribution in [3.05, 3.63) is 0 Å². The highest BCUT2D eigenvalue weighted by Crippen LogP contribution is 2.07. The topological polar surface area (TPSA) is 29.5 Å². The van der Waals surface area contributed by atoms with E-state index in [9.17, 15) is 4.79 Å². The molecule has 0 saturated carbocycles. The highest BCUT2D eigenvalue weighted by Gasteiger charge is 2.13. The Labute approximate surface area is 79.5 Å². The second kappa shape index (κ2) is 6.26. The Bertz CT molecular complexity index is 135. The van der Waals surface area contributed by atoms with Crippen LogP contribution in [0.1, 0.15) is 19.3 Å². The number of hydrogen-bond donors (Lipinski definition) is 0. The van der Waals surface area contributed by atoms with Crippen molar-refractivity contribution >= 4 is 18.4 Å². The molecular weight excluding hydrogens is 178 g/mol. The van der Waals surface area contributed by atoms with Crippen LogP contribution in [0.25, 0.3) is 0 Å². The van der Waals surface area contributed by atoms with Gasteiger partial charge in [0.05, 0.1) is 13.7 Å². The van der Waals surface area contributed by atoms with Crippen LogP contribution in [0.3, 0.4) is 0 Å². The SMILES string of the molecule is COC(=O)CN1CCCCC1.Cl. The summed E-state index contributed by atoms with van der Waals surface area (Å²) in [5.41, 5.74) is 0. The predicted octanol–water partition coefficient (Wildman–Crippen LogP) is 1.07. The molecule has 0 aromatic rings. The van der Waals surface area contributed by atoms with Crippen LogP contribution in [0.5, 0.6) is 0 Å². The fourth-order valence-electron chi connectivity index (χ4n) is 1.36. The quantitative estimate of drug-likeness (QED) is 0.615. The van der Waals surface area contributed by atoms with Gasteiger partial charge in [-0.15, -0.1) is 12.4 Å². The maximum Gasteiger partial charge on any atom is 0.319 e. The summed E-state index contributed by atoms with van der Waals surface area (Å²) in [6.45, 7) is 2.57. The smallest absolute Gasteiger partial charge is 0.319 e. The number of likely N-dealkylation sites (tertiary alicyclic amines) is 1. The summed E-state index contributed by atoms with van der Waals surface area (Å²) < 4.78 is 4.57. The maximum atomic E-state index is 10.8. The van der Waals surface area contributed by atoms with Gasteiger partial charge in [0.1, 0.15) is 0 Å². The standard InChI is InChI=1S/C8H15NO2.ClH/c1-11-8(10)7-9-5-3-2-4-6-9;/h2-7H2,1H3;1H. The minimum atomic E-state index is -0.119. The molecule has 1 saturated heterocycles. The van der Waals surface area contributed by atoms with Crippen molar-refractivity contribution in [2.45, 2.75) is 19.3 Å². The first-order valence-electron chi connectivity index (χ1n) is 4.12. The molecule has 0 atom stereocenters. The summed E-state index contributed by atoms with van der Waals surface area (Å²) in [6, 6.07) is 0. The van der Waals surface area contributed by atoms with Crippen molar-refractivity contribution < 1.29 is 9.53 Å². The Hall–Kier alpha value is -0.280. The Morgan fingerprint density at radius 2 is 1.92 bits per heavy atom. The van der Waals surface area contributed by atoms with Gasteiger partial charge in [0.15, 0.2) is 0 Å². The number of carbonyl (C=O) groups is 1. The van der Waals surface area contributed by atoms with E-state index < -0.39 is 0 Å². The van der Waals surface area contributed by atoms with Crippen molar-refractivity contribution in [1.29, 1.82) is 0 Å². The second-order valence-corrected chi connectivity index (χ2v) is 2.91. The number of rotatable bonds is 2. The van der Waals surface area contributed by atoms with Crippen LogP contribution in [0.2, 0.25) is 0 Å². The molecule has 4 heteroatoms.